The number of alkyl halides is 3. The summed E-state index contributed by atoms with van der Waals surface area (Å²) in [6.45, 7) is 0.319. The Hall–Kier alpha value is -0.305. The van der Waals surface area contributed by atoms with E-state index in [0.717, 1.165) is 0 Å². The van der Waals surface area contributed by atoms with E-state index in [2.05, 4.69) is 9.50 Å². The first kappa shape index (κ1) is 25.0. The third kappa shape index (κ3) is 5.69. The standard InChI is InChI=1S/C17H18F3N2O5S.Rb/c1-22-12-7-14(27-28(24,25)17(18,19)20)15(13(22)9-21-8-12)16(23)26-10-11-5-3-2-4-6-11;/h2-6,12-13H,7-10H2,1H3;/q-1;+1. The summed E-state index contributed by atoms with van der Waals surface area (Å²) in [6.07, 6.45) is -0.193. The number of fused-ring (bicyclic) bond motifs is 2. The monoisotopic (exact) mass is 504 g/mol. The van der Waals surface area contributed by atoms with E-state index in [1.807, 2.05) is 0 Å². The number of benzene rings is 1. The van der Waals surface area contributed by atoms with Crippen LogP contribution in [0.15, 0.2) is 41.7 Å². The largest absolute Gasteiger partial charge is 1.00 e. The molecule has 0 amide bonds. The van der Waals surface area contributed by atoms with E-state index < -0.39 is 33.4 Å². The molecule has 2 heterocycles. The summed E-state index contributed by atoms with van der Waals surface area (Å²) in [7, 11) is -4.20. The Bertz CT molecular complexity index is 877. The molecule has 29 heavy (non-hydrogen) atoms. The maximum Gasteiger partial charge on any atom is 1.00 e. The number of ether oxygens (including phenoxy) is 1. The minimum absolute atomic E-state index is 0. The van der Waals surface area contributed by atoms with E-state index in [4.69, 9.17) is 4.74 Å². The average Bonchev–Trinajstić information content (AvgIpc) is 2.61. The number of carbonyl (C=O) groups excluding carboxylic acids is 1. The van der Waals surface area contributed by atoms with Gasteiger partial charge in [-0.1, -0.05) is 30.3 Å². The average molecular weight is 505 g/mol. The summed E-state index contributed by atoms with van der Waals surface area (Å²) in [5, 5.41) is 4.23. The summed E-state index contributed by atoms with van der Waals surface area (Å²) in [4.78, 5) is 14.4. The van der Waals surface area contributed by atoms with Gasteiger partial charge in [0.25, 0.3) is 0 Å². The van der Waals surface area contributed by atoms with Crippen LogP contribution in [0.25, 0.3) is 5.32 Å². The van der Waals surface area contributed by atoms with Gasteiger partial charge < -0.3 is 14.2 Å². The summed E-state index contributed by atoms with van der Waals surface area (Å²) in [6, 6.07) is 7.62. The number of hydrogen-bond acceptors (Lipinski definition) is 6. The number of halogens is 3. The van der Waals surface area contributed by atoms with E-state index in [-0.39, 0.29) is 89.4 Å². The quantitative estimate of drug-likeness (QED) is 0.300. The van der Waals surface area contributed by atoms with Gasteiger partial charge in [0.05, 0.1) is 5.57 Å². The minimum atomic E-state index is -5.89. The van der Waals surface area contributed by atoms with Crippen molar-refractivity contribution in [3.05, 3.63) is 52.5 Å². The normalized spacial score (nSPS) is 22.6. The van der Waals surface area contributed by atoms with E-state index >= 15 is 0 Å². The molecule has 7 nitrogen and oxygen atoms in total. The smallest absolute Gasteiger partial charge is 0.659 e. The molecular formula is C17H18F3N2O5RbS. The fraction of sp³-hybridized carbons (Fsp3) is 0.471. The fourth-order valence-electron chi connectivity index (χ4n) is 3.18. The summed E-state index contributed by atoms with van der Waals surface area (Å²) < 4.78 is 70.9. The molecule has 1 saturated heterocycles. The number of likely N-dealkylation sites (N-methyl/N-ethyl adjacent to an activating group) is 1. The van der Waals surface area contributed by atoms with Gasteiger partial charge in [-0.25, -0.2) is 4.79 Å². The van der Waals surface area contributed by atoms with E-state index in [0.29, 0.717) is 12.1 Å². The summed E-state index contributed by atoms with van der Waals surface area (Å²) >= 11 is 0. The van der Waals surface area contributed by atoms with Crippen molar-refractivity contribution in [3.8, 4) is 0 Å². The van der Waals surface area contributed by atoms with Crippen molar-refractivity contribution < 1.29 is 93.5 Å². The molecule has 0 N–H and O–H groups in total. The van der Waals surface area contributed by atoms with Crippen LogP contribution in [0.5, 0.6) is 0 Å². The van der Waals surface area contributed by atoms with Crippen LogP contribution in [0.4, 0.5) is 13.2 Å². The van der Waals surface area contributed by atoms with Crippen molar-refractivity contribution >= 4 is 16.1 Å². The Morgan fingerprint density at radius 1 is 1.24 bits per heavy atom. The molecule has 1 aromatic carbocycles. The van der Waals surface area contributed by atoms with Crippen LogP contribution in [0.3, 0.4) is 0 Å². The number of rotatable bonds is 5. The number of carbonyl (C=O) groups is 1. The van der Waals surface area contributed by atoms with Crippen LogP contribution >= 0.6 is 0 Å². The van der Waals surface area contributed by atoms with Crippen LogP contribution in [0.1, 0.15) is 12.0 Å². The third-order valence-corrected chi connectivity index (χ3v) is 5.68. The van der Waals surface area contributed by atoms with E-state index in [1.54, 1.807) is 42.3 Å². The van der Waals surface area contributed by atoms with Crippen LogP contribution in [-0.2, 0) is 30.4 Å². The summed E-state index contributed by atoms with van der Waals surface area (Å²) in [5.74, 6) is -1.46. The van der Waals surface area contributed by atoms with E-state index in [9.17, 15) is 26.4 Å². The zero-order valence-corrected chi connectivity index (χ0v) is 21.6. The molecule has 2 aliphatic rings. The predicted molar refractivity (Wildman–Crippen MR) is 92.4 cm³/mol. The Labute approximate surface area is 215 Å². The first-order chi connectivity index (χ1) is 13.1. The Kier molecular flexibility index (Phi) is 8.50. The number of piperazine rings is 1. The Morgan fingerprint density at radius 2 is 1.90 bits per heavy atom. The molecule has 2 unspecified atom stereocenters. The van der Waals surface area contributed by atoms with Crippen molar-refractivity contribution in [1.82, 2.24) is 4.90 Å². The molecule has 0 radical (unpaired) electrons. The number of esters is 1. The van der Waals surface area contributed by atoms with Gasteiger partial charge in [0.2, 0.25) is 0 Å². The molecule has 3 rings (SSSR count). The van der Waals surface area contributed by atoms with Crippen LogP contribution < -0.4 is 58.2 Å². The van der Waals surface area contributed by atoms with Gasteiger partial charge in [-0.2, -0.15) is 21.6 Å². The van der Waals surface area contributed by atoms with Gasteiger partial charge in [-0.3, -0.25) is 4.90 Å². The maximum atomic E-state index is 12.8. The molecule has 2 bridgehead atoms. The SMILES string of the molecule is CN1C2C[N-]CC1C(C(=O)OCc1ccccc1)=C(OS(=O)(=O)C(F)(F)F)C2.[Rb+]. The second kappa shape index (κ2) is 9.88. The van der Waals surface area contributed by atoms with Gasteiger partial charge in [-0.05, 0) is 18.7 Å². The van der Waals surface area contributed by atoms with Gasteiger partial charge in [-0.15, -0.1) is 13.1 Å². The molecule has 12 heteroatoms. The Balaban J connectivity index is 0.00000300. The first-order valence-electron chi connectivity index (χ1n) is 8.40. The molecule has 0 saturated carbocycles. The summed E-state index contributed by atoms with van der Waals surface area (Å²) in [5.41, 5.74) is -5.16. The van der Waals surface area contributed by atoms with Crippen molar-refractivity contribution in [2.24, 2.45) is 0 Å². The number of nitrogens with zero attached hydrogens (tertiary/aromatic N) is 2. The predicted octanol–water partition coefficient (Wildman–Crippen LogP) is -0.686. The molecule has 154 valence electrons. The minimum Gasteiger partial charge on any atom is -0.659 e. The zero-order valence-electron chi connectivity index (χ0n) is 15.8. The van der Waals surface area contributed by atoms with Gasteiger partial charge in [0.1, 0.15) is 12.4 Å². The molecule has 1 fully saturated rings. The molecule has 0 aromatic heterocycles. The van der Waals surface area contributed by atoms with Gasteiger partial charge >= 0.3 is 79.8 Å². The second-order valence-electron chi connectivity index (χ2n) is 6.51. The second-order valence-corrected chi connectivity index (χ2v) is 8.05. The maximum absolute atomic E-state index is 12.8. The molecule has 1 aromatic rings. The van der Waals surface area contributed by atoms with Gasteiger partial charge in [0.15, 0.2) is 0 Å². The van der Waals surface area contributed by atoms with Crippen LogP contribution in [0, 0.1) is 0 Å². The molecule has 2 atom stereocenters. The van der Waals surface area contributed by atoms with Crippen molar-refractivity contribution in [1.29, 1.82) is 0 Å². The molecular weight excluding hydrogens is 487 g/mol. The topological polar surface area (TPSA) is 87.0 Å². The van der Waals surface area contributed by atoms with Crippen molar-refractivity contribution in [2.45, 2.75) is 30.6 Å². The van der Waals surface area contributed by atoms with Crippen LogP contribution in [-0.4, -0.2) is 57.0 Å². The molecule has 0 aliphatic carbocycles. The Morgan fingerprint density at radius 3 is 2.52 bits per heavy atom. The van der Waals surface area contributed by atoms with E-state index in [1.165, 1.54) is 0 Å². The molecule has 2 aliphatic heterocycles. The van der Waals surface area contributed by atoms with Crippen molar-refractivity contribution in [3.63, 3.8) is 0 Å². The van der Waals surface area contributed by atoms with Crippen molar-refractivity contribution in [2.75, 3.05) is 20.1 Å². The van der Waals surface area contributed by atoms with Crippen LogP contribution in [0.2, 0.25) is 0 Å². The zero-order chi connectivity index (χ0) is 20.5. The first-order valence-corrected chi connectivity index (χ1v) is 9.81. The number of hydrogen-bond donors (Lipinski definition) is 0. The fourth-order valence-corrected chi connectivity index (χ4v) is 3.70. The molecule has 0 spiro atoms. The third-order valence-electron chi connectivity index (χ3n) is 4.69. The van der Waals surface area contributed by atoms with Gasteiger partial charge in [0, 0.05) is 12.5 Å².